The van der Waals surface area contributed by atoms with Gasteiger partial charge in [0.05, 0.1) is 22.4 Å². The summed E-state index contributed by atoms with van der Waals surface area (Å²) in [6.45, 7) is 1.96. The predicted octanol–water partition coefficient (Wildman–Crippen LogP) is 1.18. The van der Waals surface area contributed by atoms with E-state index < -0.39 is 10.0 Å². The van der Waals surface area contributed by atoms with Crippen LogP contribution < -0.4 is 10.0 Å². The number of nitrogens with zero attached hydrogens (tertiary/aromatic N) is 1. The molecule has 3 rings (SSSR count). The molecule has 2 amide bonds. The molecule has 1 aliphatic carbocycles. The van der Waals surface area contributed by atoms with Crippen LogP contribution in [0, 0.1) is 11.8 Å². The Morgan fingerprint density at radius 1 is 1.09 bits per heavy atom. The van der Waals surface area contributed by atoms with Gasteiger partial charge in [0.2, 0.25) is 21.8 Å². The highest BCUT2D eigenvalue weighted by molar-refractivity contribution is 7.89. The van der Waals surface area contributed by atoms with E-state index in [1.807, 2.05) is 13.0 Å². The van der Waals surface area contributed by atoms with E-state index in [1.54, 1.807) is 0 Å². The average Bonchev–Trinajstić information content (AvgIpc) is 2.70. The van der Waals surface area contributed by atoms with Crippen LogP contribution in [-0.2, 0) is 19.6 Å². The minimum atomic E-state index is -3.80. The van der Waals surface area contributed by atoms with Gasteiger partial charge in [-0.1, -0.05) is 11.6 Å². The van der Waals surface area contributed by atoms with Crippen molar-refractivity contribution in [1.29, 1.82) is 0 Å². The van der Waals surface area contributed by atoms with E-state index in [2.05, 4.69) is 0 Å². The third-order valence-electron chi connectivity index (χ3n) is 4.25. The van der Waals surface area contributed by atoms with Crippen molar-refractivity contribution in [2.24, 2.45) is 17.0 Å². The standard InChI is InChI=1S/C15H16N2O4S/c1-9-2-7-12-13(8-9)15(19)17(14(12)18)10-3-5-11(6-4-10)22(16,20)21/h2-6,12-13H,7-8H2,1H3,(H2,16,20,21)/t12-,13+/m1/s1. The Hall–Kier alpha value is -1.99. The number of amides is 2. The number of allylic oxidation sites excluding steroid dienone is 2. The Bertz CT molecular complexity index is 780. The van der Waals surface area contributed by atoms with Crippen LogP contribution in [0.3, 0.4) is 0 Å². The van der Waals surface area contributed by atoms with Crippen molar-refractivity contribution in [3.05, 3.63) is 35.9 Å². The quantitative estimate of drug-likeness (QED) is 0.653. The van der Waals surface area contributed by atoms with Gasteiger partial charge in [-0.3, -0.25) is 14.5 Å². The molecule has 0 spiro atoms. The summed E-state index contributed by atoms with van der Waals surface area (Å²) in [5.74, 6) is -1.06. The SMILES string of the molecule is CC1=CC[C@H]2C(=O)N(c3ccc(S(N)(=O)=O)cc3)C(=O)[C@H]2C1. The van der Waals surface area contributed by atoms with Crippen molar-refractivity contribution in [2.75, 3.05) is 4.90 Å². The largest absolute Gasteiger partial charge is 0.274 e. The van der Waals surface area contributed by atoms with E-state index in [9.17, 15) is 18.0 Å². The number of sulfonamides is 1. The van der Waals surface area contributed by atoms with Gasteiger partial charge in [-0.15, -0.1) is 0 Å². The monoisotopic (exact) mass is 320 g/mol. The summed E-state index contributed by atoms with van der Waals surface area (Å²) in [7, 11) is -3.80. The lowest BCUT2D eigenvalue weighted by molar-refractivity contribution is -0.122. The van der Waals surface area contributed by atoms with Crippen LogP contribution in [0.2, 0.25) is 0 Å². The van der Waals surface area contributed by atoms with Gasteiger partial charge in [0.15, 0.2) is 0 Å². The Labute approximate surface area is 128 Å². The number of benzene rings is 1. The zero-order valence-electron chi connectivity index (χ0n) is 12.0. The van der Waals surface area contributed by atoms with Crippen molar-refractivity contribution in [2.45, 2.75) is 24.7 Å². The van der Waals surface area contributed by atoms with E-state index >= 15 is 0 Å². The molecule has 1 saturated heterocycles. The molecule has 0 unspecified atom stereocenters. The molecule has 0 saturated carbocycles. The summed E-state index contributed by atoms with van der Waals surface area (Å²) < 4.78 is 22.5. The van der Waals surface area contributed by atoms with Crippen LogP contribution in [0.25, 0.3) is 0 Å². The number of rotatable bonds is 2. The van der Waals surface area contributed by atoms with E-state index in [-0.39, 0.29) is 28.5 Å². The fraction of sp³-hybridized carbons (Fsp3) is 0.333. The van der Waals surface area contributed by atoms with Crippen molar-refractivity contribution in [3.8, 4) is 0 Å². The second kappa shape index (κ2) is 5.03. The number of carbonyl (C=O) groups is 2. The maximum absolute atomic E-state index is 12.5. The molecule has 0 bridgehead atoms. The molecule has 2 N–H and O–H groups in total. The topological polar surface area (TPSA) is 97.5 Å². The zero-order valence-corrected chi connectivity index (χ0v) is 12.8. The number of imide groups is 1. The molecule has 7 heteroatoms. The van der Waals surface area contributed by atoms with Crippen LogP contribution in [0.1, 0.15) is 19.8 Å². The van der Waals surface area contributed by atoms with E-state index in [1.165, 1.54) is 24.3 Å². The molecule has 0 aromatic heterocycles. The van der Waals surface area contributed by atoms with Crippen LogP contribution in [0.5, 0.6) is 0 Å². The minimum absolute atomic E-state index is 0.0507. The summed E-state index contributed by atoms with van der Waals surface area (Å²) in [6, 6.07) is 5.48. The smallest absolute Gasteiger partial charge is 0.238 e. The van der Waals surface area contributed by atoms with Gasteiger partial charge in [-0.25, -0.2) is 13.6 Å². The Morgan fingerprint density at radius 2 is 1.68 bits per heavy atom. The molecule has 1 fully saturated rings. The first-order valence-electron chi connectivity index (χ1n) is 6.95. The van der Waals surface area contributed by atoms with Crippen molar-refractivity contribution < 1.29 is 18.0 Å². The van der Waals surface area contributed by atoms with E-state index in [4.69, 9.17) is 5.14 Å². The van der Waals surface area contributed by atoms with Crippen LogP contribution in [0.4, 0.5) is 5.69 Å². The van der Waals surface area contributed by atoms with Crippen LogP contribution in [-0.4, -0.2) is 20.2 Å². The molecule has 22 heavy (non-hydrogen) atoms. The lowest BCUT2D eigenvalue weighted by Crippen LogP contribution is -2.30. The average molecular weight is 320 g/mol. The summed E-state index contributed by atoms with van der Waals surface area (Å²) in [6.07, 6.45) is 3.17. The first kappa shape index (κ1) is 14.9. The minimum Gasteiger partial charge on any atom is -0.274 e. The van der Waals surface area contributed by atoms with Gasteiger partial charge in [0.25, 0.3) is 0 Å². The number of fused-ring (bicyclic) bond motifs is 1. The predicted molar refractivity (Wildman–Crippen MR) is 80.3 cm³/mol. The number of primary sulfonamides is 1. The Kier molecular flexibility index (Phi) is 3.41. The van der Waals surface area contributed by atoms with Crippen molar-refractivity contribution in [1.82, 2.24) is 0 Å². The highest BCUT2D eigenvalue weighted by atomic mass is 32.2. The molecule has 1 aromatic rings. The number of nitrogens with two attached hydrogens (primary N) is 1. The molecule has 1 aliphatic heterocycles. The third-order valence-corrected chi connectivity index (χ3v) is 5.18. The van der Waals surface area contributed by atoms with Gasteiger partial charge in [0.1, 0.15) is 0 Å². The van der Waals surface area contributed by atoms with Crippen molar-refractivity contribution in [3.63, 3.8) is 0 Å². The second-order valence-corrected chi connectivity index (χ2v) is 7.32. The van der Waals surface area contributed by atoms with Gasteiger partial charge in [0, 0.05) is 0 Å². The summed E-state index contributed by atoms with van der Waals surface area (Å²) >= 11 is 0. The number of carbonyl (C=O) groups excluding carboxylic acids is 2. The molecular weight excluding hydrogens is 304 g/mol. The number of anilines is 1. The summed E-state index contributed by atoms with van der Waals surface area (Å²) in [5.41, 5.74) is 1.50. The highest BCUT2D eigenvalue weighted by Gasteiger charge is 2.48. The Morgan fingerprint density at radius 3 is 2.27 bits per heavy atom. The number of hydrogen-bond acceptors (Lipinski definition) is 4. The maximum atomic E-state index is 12.5. The fourth-order valence-electron chi connectivity index (χ4n) is 3.08. The second-order valence-electron chi connectivity index (χ2n) is 5.75. The molecule has 1 aromatic carbocycles. The molecule has 116 valence electrons. The zero-order chi connectivity index (χ0) is 16.1. The van der Waals surface area contributed by atoms with E-state index in [0.29, 0.717) is 18.5 Å². The first-order chi connectivity index (χ1) is 10.3. The van der Waals surface area contributed by atoms with E-state index in [0.717, 1.165) is 10.5 Å². The number of hydrogen-bond donors (Lipinski definition) is 1. The third kappa shape index (κ3) is 2.36. The highest BCUT2D eigenvalue weighted by Crippen LogP contribution is 2.39. The molecular formula is C15H16N2O4S. The normalized spacial score (nSPS) is 25.2. The van der Waals surface area contributed by atoms with Gasteiger partial charge >= 0.3 is 0 Å². The molecule has 2 aliphatic rings. The molecule has 1 heterocycles. The molecule has 0 radical (unpaired) electrons. The van der Waals surface area contributed by atoms with Crippen molar-refractivity contribution >= 4 is 27.5 Å². The lowest BCUT2D eigenvalue weighted by Gasteiger charge is -2.18. The first-order valence-corrected chi connectivity index (χ1v) is 8.50. The summed E-state index contributed by atoms with van der Waals surface area (Å²) in [5, 5.41) is 5.04. The van der Waals surface area contributed by atoms with Gasteiger partial charge in [-0.2, -0.15) is 0 Å². The van der Waals surface area contributed by atoms with Gasteiger partial charge < -0.3 is 0 Å². The van der Waals surface area contributed by atoms with Crippen LogP contribution >= 0.6 is 0 Å². The lowest BCUT2D eigenvalue weighted by atomic mass is 9.82. The molecule has 6 nitrogen and oxygen atoms in total. The van der Waals surface area contributed by atoms with Gasteiger partial charge in [-0.05, 0) is 44.0 Å². The summed E-state index contributed by atoms with van der Waals surface area (Å²) in [4.78, 5) is 26.1. The Balaban J connectivity index is 1.93. The molecule has 2 atom stereocenters. The van der Waals surface area contributed by atoms with Crippen LogP contribution in [0.15, 0.2) is 40.8 Å². The maximum Gasteiger partial charge on any atom is 0.238 e. The fourth-order valence-corrected chi connectivity index (χ4v) is 3.59.